The molecule has 3 aromatic heterocycles. The fraction of sp³-hybridized carbons (Fsp3) is 0.227. The highest BCUT2D eigenvalue weighted by Crippen LogP contribution is 2.36. The van der Waals surface area contributed by atoms with Crippen molar-refractivity contribution in [2.24, 2.45) is 0 Å². The fourth-order valence-electron chi connectivity index (χ4n) is 2.89. The molecule has 0 aliphatic heterocycles. The monoisotopic (exact) mass is 432 g/mol. The Morgan fingerprint density at radius 2 is 1.97 bits per heavy atom. The summed E-state index contributed by atoms with van der Waals surface area (Å²) in [4.78, 5) is 12.8. The Bertz CT molecular complexity index is 1120. The molecule has 0 aromatic carbocycles. The molecule has 8 nitrogen and oxygen atoms in total. The first kappa shape index (κ1) is 22.0. The predicted octanol–water partition coefficient (Wildman–Crippen LogP) is 3.57. The number of nitrogen functional groups attached to an aromatic ring is 1. The molecule has 0 aliphatic rings. The van der Waals surface area contributed by atoms with Gasteiger partial charge < -0.3 is 15.2 Å². The molecule has 0 fully saturated rings. The lowest BCUT2D eigenvalue weighted by molar-refractivity contribution is 0.0918. The van der Waals surface area contributed by atoms with Crippen LogP contribution >= 0.6 is 11.8 Å². The number of ether oxygens (including phenoxy) is 2. The van der Waals surface area contributed by atoms with Gasteiger partial charge in [-0.2, -0.15) is 10.5 Å². The van der Waals surface area contributed by atoms with Crippen LogP contribution in [0.5, 0.6) is 5.75 Å². The average Bonchev–Trinajstić information content (AvgIpc) is 2.78. The van der Waals surface area contributed by atoms with E-state index in [4.69, 9.17) is 15.2 Å². The second-order valence-electron chi connectivity index (χ2n) is 6.56. The molecule has 31 heavy (non-hydrogen) atoms. The number of nitriles is 2. The molecule has 156 valence electrons. The summed E-state index contributed by atoms with van der Waals surface area (Å²) in [6.45, 7) is 2.33. The van der Waals surface area contributed by atoms with E-state index in [9.17, 15) is 10.5 Å². The quantitative estimate of drug-likeness (QED) is 0.531. The number of hydrogen-bond acceptors (Lipinski definition) is 9. The highest BCUT2D eigenvalue weighted by molar-refractivity contribution is 7.98. The maximum Gasteiger partial charge on any atom is 0.143 e. The molecule has 3 heterocycles. The summed E-state index contributed by atoms with van der Waals surface area (Å²) in [6.07, 6.45) is 4.84. The van der Waals surface area contributed by atoms with Crippen molar-refractivity contribution in [3.8, 4) is 29.1 Å². The summed E-state index contributed by atoms with van der Waals surface area (Å²) >= 11 is 1.35. The van der Waals surface area contributed by atoms with Gasteiger partial charge >= 0.3 is 0 Å². The Hall–Kier alpha value is -3.66. The van der Waals surface area contributed by atoms with Crippen molar-refractivity contribution < 1.29 is 9.47 Å². The third-order valence-corrected chi connectivity index (χ3v) is 5.29. The summed E-state index contributed by atoms with van der Waals surface area (Å²) in [5.74, 6) is 1.16. The number of hydrogen-bond donors (Lipinski definition) is 1. The molecule has 0 aliphatic carbocycles. The SMILES string of the molecule is COCC(C)Oc1ccc(-c2c(C#N)c(N)nc(SCc3cccnc3)c2C#N)nc1. The first-order valence-corrected chi connectivity index (χ1v) is 10.3. The Morgan fingerprint density at radius 1 is 1.16 bits per heavy atom. The zero-order chi connectivity index (χ0) is 22.2. The van der Waals surface area contributed by atoms with E-state index in [1.807, 2.05) is 19.1 Å². The number of pyridine rings is 3. The van der Waals surface area contributed by atoms with Crippen molar-refractivity contribution in [2.45, 2.75) is 23.8 Å². The molecule has 1 unspecified atom stereocenters. The van der Waals surface area contributed by atoms with E-state index in [-0.39, 0.29) is 23.0 Å². The van der Waals surface area contributed by atoms with Gasteiger partial charge in [-0.05, 0) is 30.7 Å². The van der Waals surface area contributed by atoms with Gasteiger partial charge in [0.1, 0.15) is 40.4 Å². The lowest BCUT2D eigenvalue weighted by Crippen LogP contribution is -2.18. The van der Waals surface area contributed by atoms with Crippen LogP contribution in [-0.4, -0.2) is 34.8 Å². The summed E-state index contributed by atoms with van der Waals surface area (Å²) < 4.78 is 10.8. The number of aromatic nitrogens is 3. The van der Waals surface area contributed by atoms with Gasteiger partial charge in [-0.15, -0.1) is 11.8 Å². The van der Waals surface area contributed by atoms with E-state index in [1.165, 1.54) is 11.8 Å². The van der Waals surface area contributed by atoms with Crippen LogP contribution in [-0.2, 0) is 10.5 Å². The molecule has 3 aromatic rings. The molecule has 1 atom stereocenters. The normalized spacial score (nSPS) is 11.4. The fourth-order valence-corrected chi connectivity index (χ4v) is 3.82. The van der Waals surface area contributed by atoms with E-state index < -0.39 is 0 Å². The second-order valence-corrected chi connectivity index (χ2v) is 7.53. The molecule has 0 radical (unpaired) electrons. The number of nitrogens with two attached hydrogens (primary N) is 1. The summed E-state index contributed by atoms with van der Waals surface area (Å²) in [6, 6.07) is 11.4. The van der Waals surface area contributed by atoms with Gasteiger partial charge in [0.25, 0.3) is 0 Å². The summed E-state index contributed by atoms with van der Waals surface area (Å²) in [5, 5.41) is 20.0. The first-order chi connectivity index (χ1) is 15.1. The van der Waals surface area contributed by atoms with Gasteiger partial charge in [-0.1, -0.05) is 6.07 Å². The highest BCUT2D eigenvalue weighted by Gasteiger charge is 2.21. The van der Waals surface area contributed by atoms with Gasteiger partial charge in [-0.25, -0.2) is 4.98 Å². The lowest BCUT2D eigenvalue weighted by Gasteiger charge is -2.15. The number of nitrogens with zero attached hydrogens (tertiary/aromatic N) is 5. The Balaban J connectivity index is 1.97. The maximum absolute atomic E-state index is 9.87. The van der Waals surface area contributed by atoms with Crippen molar-refractivity contribution >= 4 is 17.6 Å². The number of rotatable bonds is 8. The van der Waals surface area contributed by atoms with Crippen molar-refractivity contribution in [3.05, 3.63) is 59.5 Å². The third-order valence-electron chi connectivity index (χ3n) is 4.25. The molecule has 3 rings (SSSR count). The van der Waals surface area contributed by atoms with Crippen LogP contribution in [0.1, 0.15) is 23.6 Å². The minimum atomic E-state index is -0.144. The zero-order valence-corrected chi connectivity index (χ0v) is 17.9. The molecule has 0 saturated heterocycles. The summed E-state index contributed by atoms with van der Waals surface area (Å²) in [5.41, 5.74) is 8.22. The maximum atomic E-state index is 9.87. The minimum Gasteiger partial charge on any atom is -0.487 e. The van der Waals surface area contributed by atoms with Crippen LogP contribution in [0.15, 0.2) is 47.9 Å². The van der Waals surface area contributed by atoms with Crippen LogP contribution in [0, 0.1) is 22.7 Å². The van der Waals surface area contributed by atoms with Gasteiger partial charge in [0, 0.05) is 30.8 Å². The van der Waals surface area contributed by atoms with Crippen molar-refractivity contribution in [1.82, 2.24) is 15.0 Å². The molecule has 0 spiro atoms. The average molecular weight is 433 g/mol. The van der Waals surface area contributed by atoms with Gasteiger partial charge in [0.05, 0.1) is 24.1 Å². The van der Waals surface area contributed by atoms with Crippen molar-refractivity contribution in [3.63, 3.8) is 0 Å². The number of methoxy groups -OCH3 is 1. The molecular weight excluding hydrogens is 412 g/mol. The largest absolute Gasteiger partial charge is 0.487 e. The summed E-state index contributed by atoms with van der Waals surface area (Å²) in [7, 11) is 1.60. The van der Waals surface area contributed by atoms with Gasteiger partial charge in [0.15, 0.2) is 0 Å². The highest BCUT2D eigenvalue weighted by atomic mass is 32.2. The van der Waals surface area contributed by atoms with Crippen LogP contribution < -0.4 is 10.5 Å². The van der Waals surface area contributed by atoms with E-state index in [0.29, 0.717) is 34.4 Å². The smallest absolute Gasteiger partial charge is 0.143 e. The molecule has 9 heteroatoms. The van der Waals surface area contributed by atoms with Crippen molar-refractivity contribution in [1.29, 1.82) is 10.5 Å². The molecule has 0 amide bonds. The van der Waals surface area contributed by atoms with Gasteiger partial charge in [-0.3, -0.25) is 9.97 Å². The topological polar surface area (TPSA) is 131 Å². The Morgan fingerprint density at radius 3 is 2.58 bits per heavy atom. The van der Waals surface area contributed by atoms with E-state index in [0.717, 1.165) is 5.56 Å². The Labute approximate surface area is 184 Å². The zero-order valence-electron chi connectivity index (χ0n) is 17.1. The third kappa shape index (κ3) is 5.28. The van der Waals surface area contributed by atoms with Crippen LogP contribution in [0.4, 0.5) is 5.82 Å². The molecular formula is C22H20N6O2S. The van der Waals surface area contributed by atoms with E-state index >= 15 is 0 Å². The van der Waals surface area contributed by atoms with E-state index in [2.05, 4.69) is 27.1 Å². The first-order valence-electron chi connectivity index (χ1n) is 9.34. The molecule has 0 bridgehead atoms. The van der Waals surface area contributed by atoms with E-state index in [1.54, 1.807) is 37.8 Å². The lowest BCUT2D eigenvalue weighted by atomic mass is 10.0. The molecule has 0 saturated carbocycles. The molecule has 2 N–H and O–H groups in total. The second kappa shape index (κ2) is 10.4. The van der Waals surface area contributed by atoms with Crippen LogP contribution in [0.3, 0.4) is 0 Å². The Kier molecular flexibility index (Phi) is 7.39. The van der Waals surface area contributed by atoms with Crippen LogP contribution in [0.2, 0.25) is 0 Å². The minimum absolute atomic E-state index is 0.0565. The van der Waals surface area contributed by atoms with Crippen LogP contribution in [0.25, 0.3) is 11.3 Å². The van der Waals surface area contributed by atoms with Gasteiger partial charge in [0.2, 0.25) is 0 Å². The number of anilines is 1. The predicted molar refractivity (Wildman–Crippen MR) is 117 cm³/mol. The standard InChI is InChI=1S/C22H20N6O2S/c1-14(12-29-2)30-16-5-6-19(27-11-16)20-17(8-23)21(25)28-22(18(20)9-24)31-13-15-4-3-7-26-10-15/h3-7,10-11,14H,12-13H2,1-2H3,(H2,25,28). The number of thioether (sulfide) groups is 1. The van der Waals surface area contributed by atoms with Crippen molar-refractivity contribution in [2.75, 3.05) is 19.5 Å².